The van der Waals surface area contributed by atoms with E-state index in [-0.39, 0.29) is 12.4 Å². The summed E-state index contributed by atoms with van der Waals surface area (Å²) in [7, 11) is 0. The van der Waals surface area contributed by atoms with Gasteiger partial charge in [-0.25, -0.2) is 0 Å². The molecule has 0 unspecified atom stereocenters. The molecule has 0 atom stereocenters. The van der Waals surface area contributed by atoms with Crippen molar-refractivity contribution in [3.05, 3.63) is 35.9 Å². The minimum absolute atomic E-state index is 0. The van der Waals surface area contributed by atoms with Crippen LogP contribution in [0.25, 0.3) is 0 Å². The number of hydrogen-bond acceptors (Lipinski definition) is 1. The SMILES string of the molecule is Cl.ClCCN(CCCl)CCc1ccccc1. The summed E-state index contributed by atoms with van der Waals surface area (Å²) in [6.45, 7) is 2.87. The van der Waals surface area contributed by atoms with E-state index in [0.29, 0.717) is 11.8 Å². The van der Waals surface area contributed by atoms with Gasteiger partial charge in [0.2, 0.25) is 0 Å². The molecule has 0 amide bonds. The van der Waals surface area contributed by atoms with E-state index in [9.17, 15) is 0 Å². The van der Waals surface area contributed by atoms with E-state index in [2.05, 4.69) is 29.2 Å². The lowest BCUT2D eigenvalue weighted by molar-refractivity contribution is 0.311. The van der Waals surface area contributed by atoms with E-state index >= 15 is 0 Å². The molecular weight excluding hydrogens is 264 g/mol. The Morgan fingerprint density at radius 3 is 1.94 bits per heavy atom. The third-order valence-corrected chi connectivity index (χ3v) is 2.70. The van der Waals surface area contributed by atoms with Crippen molar-refractivity contribution in [3.8, 4) is 0 Å². The van der Waals surface area contributed by atoms with Gasteiger partial charge in [0.25, 0.3) is 0 Å². The summed E-state index contributed by atoms with van der Waals surface area (Å²) in [5.41, 5.74) is 1.37. The van der Waals surface area contributed by atoms with Crippen LogP contribution in [0.3, 0.4) is 0 Å². The van der Waals surface area contributed by atoms with Crippen LogP contribution in [-0.2, 0) is 6.42 Å². The second-order valence-electron chi connectivity index (χ2n) is 3.46. The molecule has 1 aromatic carbocycles. The number of alkyl halides is 2. The van der Waals surface area contributed by atoms with E-state index < -0.39 is 0 Å². The first-order valence-electron chi connectivity index (χ1n) is 5.25. The molecule has 0 aliphatic carbocycles. The van der Waals surface area contributed by atoms with E-state index in [4.69, 9.17) is 23.2 Å². The maximum absolute atomic E-state index is 5.73. The molecule has 0 bridgehead atoms. The Bertz CT molecular complexity index is 248. The summed E-state index contributed by atoms with van der Waals surface area (Å²) >= 11 is 11.5. The van der Waals surface area contributed by atoms with Crippen molar-refractivity contribution in [2.45, 2.75) is 6.42 Å². The van der Waals surface area contributed by atoms with Crippen molar-refractivity contribution >= 4 is 35.6 Å². The Hall–Kier alpha value is 0.0500. The predicted octanol–water partition coefficient (Wildman–Crippen LogP) is 3.43. The van der Waals surface area contributed by atoms with Crippen LogP contribution in [0.5, 0.6) is 0 Å². The van der Waals surface area contributed by atoms with Crippen LogP contribution in [0.15, 0.2) is 30.3 Å². The van der Waals surface area contributed by atoms with Crippen LogP contribution in [0.4, 0.5) is 0 Å². The highest BCUT2D eigenvalue weighted by molar-refractivity contribution is 6.18. The first-order chi connectivity index (χ1) is 7.36. The van der Waals surface area contributed by atoms with Crippen LogP contribution >= 0.6 is 35.6 Å². The Balaban J connectivity index is 0.00000225. The Labute approximate surface area is 114 Å². The molecule has 0 aliphatic heterocycles. The summed E-state index contributed by atoms with van der Waals surface area (Å²) in [6.07, 6.45) is 1.06. The third kappa shape index (κ3) is 6.59. The van der Waals surface area contributed by atoms with Gasteiger partial charge in [-0.1, -0.05) is 30.3 Å². The molecule has 1 nitrogen and oxygen atoms in total. The smallest absolute Gasteiger partial charge is 0.0351 e. The summed E-state index contributed by atoms with van der Waals surface area (Å²) < 4.78 is 0. The standard InChI is InChI=1S/C12H17Cl2N.ClH/c13-7-10-15(11-8-14)9-6-12-4-2-1-3-5-12;/h1-5H,6-11H2;1H. The fourth-order valence-electron chi connectivity index (χ4n) is 1.51. The number of rotatable bonds is 7. The topological polar surface area (TPSA) is 3.24 Å². The predicted molar refractivity (Wildman–Crippen MR) is 75.3 cm³/mol. The van der Waals surface area contributed by atoms with E-state index in [0.717, 1.165) is 26.1 Å². The quantitative estimate of drug-likeness (QED) is 0.693. The molecule has 0 fully saturated rings. The Kier molecular flexibility index (Phi) is 10.3. The van der Waals surface area contributed by atoms with Crippen molar-refractivity contribution in [3.63, 3.8) is 0 Å². The van der Waals surface area contributed by atoms with Crippen LogP contribution in [-0.4, -0.2) is 36.3 Å². The minimum Gasteiger partial charge on any atom is -0.301 e. The van der Waals surface area contributed by atoms with E-state index in [1.807, 2.05) is 6.07 Å². The zero-order valence-corrected chi connectivity index (χ0v) is 11.6. The van der Waals surface area contributed by atoms with Gasteiger partial charge >= 0.3 is 0 Å². The highest BCUT2D eigenvalue weighted by Gasteiger charge is 2.03. The maximum atomic E-state index is 5.73. The molecule has 16 heavy (non-hydrogen) atoms. The number of benzene rings is 1. The monoisotopic (exact) mass is 281 g/mol. The largest absolute Gasteiger partial charge is 0.301 e. The van der Waals surface area contributed by atoms with Crippen molar-refractivity contribution in [1.82, 2.24) is 4.90 Å². The van der Waals surface area contributed by atoms with Crippen LogP contribution < -0.4 is 0 Å². The summed E-state index contributed by atoms with van der Waals surface area (Å²) in [6, 6.07) is 10.5. The summed E-state index contributed by atoms with van der Waals surface area (Å²) in [4.78, 5) is 2.30. The van der Waals surface area contributed by atoms with Gasteiger partial charge in [0, 0.05) is 31.4 Å². The Morgan fingerprint density at radius 2 is 1.44 bits per heavy atom. The fraction of sp³-hybridized carbons (Fsp3) is 0.500. The maximum Gasteiger partial charge on any atom is 0.0351 e. The molecule has 0 saturated heterocycles. The number of hydrogen-bond donors (Lipinski definition) is 0. The lowest BCUT2D eigenvalue weighted by Gasteiger charge is -2.19. The molecule has 1 rings (SSSR count). The molecule has 0 aliphatic rings. The first kappa shape index (κ1) is 16.1. The molecular formula is C12H18Cl3N. The van der Waals surface area contributed by atoms with Crippen LogP contribution in [0, 0.1) is 0 Å². The summed E-state index contributed by atoms with van der Waals surface area (Å²) in [5, 5.41) is 0. The average molecular weight is 283 g/mol. The van der Waals surface area contributed by atoms with Crippen molar-refractivity contribution in [2.75, 3.05) is 31.4 Å². The van der Waals surface area contributed by atoms with Gasteiger partial charge in [-0.3, -0.25) is 0 Å². The third-order valence-electron chi connectivity index (χ3n) is 2.36. The van der Waals surface area contributed by atoms with E-state index in [1.54, 1.807) is 0 Å². The van der Waals surface area contributed by atoms with Crippen molar-refractivity contribution < 1.29 is 0 Å². The van der Waals surface area contributed by atoms with Gasteiger partial charge in [0.15, 0.2) is 0 Å². The highest BCUT2D eigenvalue weighted by atomic mass is 35.5. The normalized spacial score (nSPS) is 10.2. The molecule has 4 heteroatoms. The highest BCUT2D eigenvalue weighted by Crippen LogP contribution is 2.02. The fourth-order valence-corrected chi connectivity index (χ4v) is 1.98. The van der Waals surface area contributed by atoms with Gasteiger partial charge in [0.05, 0.1) is 0 Å². The molecule has 1 aromatic rings. The van der Waals surface area contributed by atoms with Gasteiger partial charge < -0.3 is 4.90 Å². The molecule has 0 heterocycles. The van der Waals surface area contributed by atoms with E-state index in [1.165, 1.54) is 5.56 Å². The molecule has 0 saturated carbocycles. The molecule has 0 aromatic heterocycles. The van der Waals surface area contributed by atoms with Gasteiger partial charge in [-0.15, -0.1) is 35.6 Å². The van der Waals surface area contributed by atoms with Crippen LogP contribution in [0.1, 0.15) is 5.56 Å². The zero-order chi connectivity index (χ0) is 10.9. The lowest BCUT2D eigenvalue weighted by atomic mass is 10.1. The minimum atomic E-state index is 0. The summed E-state index contributed by atoms with van der Waals surface area (Å²) in [5.74, 6) is 1.34. The second-order valence-corrected chi connectivity index (χ2v) is 4.21. The van der Waals surface area contributed by atoms with Gasteiger partial charge in [0.1, 0.15) is 0 Å². The average Bonchev–Trinajstić information content (AvgIpc) is 2.28. The van der Waals surface area contributed by atoms with Gasteiger partial charge in [-0.05, 0) is 12.0 Å². The van der Waals surface area contributed by atoms with Crippen molar-refractivity contribution in [1.29, 1.82) is 0 Å². The molecule has 92 valence electrons. The molecule has 0 spiro atoms. The lowest BCUT2D eigenvalue weighted by Crippen LogP contribution is -2.30. The number of halogens is 3. The van der Waals surface area contributed by atoms with Crippen molar-refractivity contribution in [2.24, 2.45) is 0 Å². The van der Waals surface area contributed by atoms with Crippen LogP contribution in [0.2, 0.25) is 0 Å². The van der Waals surface area contributed by atoms with Gasteiger partial charge in [-0.2, -0.15) is 0 Å². The Morgan fingerprint density at radius 1 is 0.875 bits per heavy atom. The molecule has 0 N–H and O–H groups in total. The molecule has 0 radical (unpaired) electrons. The first-order valence-corrected chi connectivity index (χ1v) is 6.32. The second kappa shape index (κ2) is 10.2. The zero-order valence-electron chi connectivity index (χ0n) is 9.24. The number of nitrogens with zero attached hydrogens (tertiary/aromatic N) is 1.